The van der Waals surface area contributed by atoms with Crippen molar-refractivity contribution in [3.05, 3.63) is 24.0 Å². The average Bonchev–Trinajstić information content (AvgIpc) is 2.41. The first-order chi connectivity index (χ1) is 9.13. The van der Waals surface area contributed by atoms with Gasteiger partial charge < -0.3 is 9.47 Å². The fourth-order valence-electron chi connectivity index (χ4n) is 1.35. The van der Waals surface area contributed by atoms with Crippen molar-refractivity contribution in [1.82, 2.24) is 4.98 Å². The van der Waals surface area contributed by atoms with Crippen LogP contribution in [0.2, 0.25) is 0 Å². The number of alkyl halides is 2. The number of rotatable bonds is 9. The maximum atomic E-state index is 11.8. The van der Waals surface area contributed by atoms with Gasteiger partial charge in [0.1, 0.15) is 12.4 Å². The number of nitrogens with zero attached hydrogens (tertiary/aromatic N) is 1. The highest BCUT2D eigenvalue weighted by atomic mass is 19.3. The molecule has 0 fully saturated rings. The van der Waals surface area contributed by atoms with E-state index in [9.17, 15) is 13.6 Å². The van der Waals surface area contributed by atoms with E-state index >= 15 is 0 Å². The molecule has 1 aromatic heterocycles. The van der Waals surface area contributed by atoms with Gasteiger partial charge in [-0.15, -0.1) is 0 Å². The Bertz CT molecular complexity index is 399. The van der Waals surface area contributed by atoms with Crippen molar-refractivity contribution in [2.24, 2.45) is 0 Å². The lowest BCUT2D eigenvalue weighted by Crippen LogP contribution is -2.10. The molecule has 0 aliphatic heterocycles. The van der Waals surface area contributed by atoms with Crippen LogP contribution in [-0.4, -0.2) is 37.0 Å². The minimum Gasteiger partial charge on any atom is -0.492 e. The summed E-state index contributed by atoms with van der Waals surface area (Å²) >= 11 is 0. The molecule has 0 spiro atoms. The molecule has 106 valence electrons. The highest BCUT2D eigenvalue weighted by Crippen LogP contribution is 2.13. The first-order valence-corrected chi connectivity index (χ1v) is 6.10. The van der Waals surface area contributed by atoms with E-state index < -0.39 is 13.0 Å². The van der Waals surface area contributed by atoms with Crippen LogP contribution in [0, 0.1) is 0 Å². The minimum atomic E-state index is -2.51. The predicted octanol–water partition coefficient (Wildman–Crippen LogP) is 2.72. The normalized spacial score (nSPS) is 10.7. The summed E-state index contributed by atoms with van der Waals surface area (Å²) in [7, 11) is 0. The second-order valence-electron chi connectivity index (χ2n) is 3.90. The number of ether oxygens (including phenoxy) is 2. The van der Waals surface area contributed by atoms with Crippen LogP contribution in [-0.2, 0) is 4.74 Å². The van der Waals surface area contributed by atoms with E-state index in [1.54, 1.807) is 6.07 Å². The standard InChI is InChI=1S/C13H17F2NO3/c1-2-4-19-11-6-10(7-16-8-11)12(17)3-5-18-9-13(14)15/h6-8,13H,2-5,9H2,1H3. The van der Waals surface area contributed by atoms with Gasteiger partial charge in [0, 0.05) is 18.2 Å². The summed E-state index contributed by atoms with van der Waals surface area (Å²) in [6.07, 6.45) is 1.35. The molecule has 4 nitrogen and oxygen atoms in total. The summed E-state index contributed by atoms with van der Waals surface area (Å²) in [6, 6.07) is 1.60. The van der Waals surface area contributed by atoms with Gasteiger partial charge in [-0.05, 0) is 12.5 Å². The zero-order valence-electron chi connectivity index (χ0n) is 10.8. The molecule has 1 aromatic rings. The minimum absolute atomic E-state index is 0.0246. The Morgan fingerprint density at radius 1 is 1.37 bits per heavy atom. The van der Waals surface area contributed by atoms with Gasteiger partial charge in [-0.25, -0.2) is 8.78 Å². The van der Waals surface area contributed by atoms with E-state index in [0.717, 1.165) is 6.42 Å². The summed E-state index contributed by atoms with van der Waals surface area (Å²) in [4.78, 5) is 15.7. The van der Waals surface area contributed by atoms with Gasteiger partial charge in [0.25, 0.3) is 6.43 Å². The predicted molar refractivity (Wildman–Crippen MR) is 65.8 cm³/mol. The molecule has 0 unspecified atom stereocenters. The lowest BCUT2D eigenvalue weighted by molar-refractivity contribution is 0.0170. The fourth-order valence-corrected chi connectivity index (χ4v) is 1.35. The van der Waals surface area contributed by atoms with Crippen molar-refractivity contribution < 1.29 is 23.0 Å². The number of hydrogen-bond donors (Lipinski definition) is 0. The van der Waals surface area contributed by atoms with Gasteiger partial charge in [0.05, 0.1) is 19.4 Å². The number of hydrogen-bond acceptors (Lipinski definition) is 4. The summed E-state index contributed by atoms with van der Waals surface area (Å²) in [5, 5.41) is 0. The molecule has 0 amide bonds. The second kappa shape index (κ2) is 8.53. The summed E-state index contributed by atoms with van der Waals surface area (Å²) < 4.78 is 33.7. The molecule has 0 aliphatic rings. The van der Waals surface area contributed by atoms with E-state index in [2.05, 4.69) is 9.72 Å². The van der Waals surface area contributed by atoms with Crippen molar-refractivity contribution in [2.45, 2.75) is 26.2 Å². The van der Waals surface area contributed by atoms with Crippen molar-refractivity contribution in [2.75, 3.05) is 19.8 Å². The molecule has 0 saturated heterocycles. The molecule has 0 N–H and O–H groups in total. The van der Waals surface area contributed by atoms with E-state index in [0.29, 0.717) is 17.9 Å². The maximum absolute atomic E-state index is 11.8. The zero-order chi connectivity index (χ0) is 14.1. The Morgan fingerprint density at radius 3 is 2.84 bits per heavy atom. The maximum Gasteiger partial charge on any atom is 0.261 e. The number of Topliss-reactive ketones (excluding diaryl/α,β-unsaturated/α-hetero) is 1. The zero-order valence-corrected chi connectivity index (χ0v) is 10.8. The van der Waals surface area contributed by atoms with Crippen LogP contribution < -0.4 is 4.74 Å². The Morgan fingerprint density at radius 2 is 2.16 bits per heavy atom. The summed E-state index contributed by atoms with van der Waals surface area (Å²) in [5.41, 5.74) is 0.397. The van der Waals surface area contributed by atoms with Crippen LogP contribution in [0.15, 0.2) is 18.5 Å². The van der Waals surface area contributed by atoms with Gasteiger partial charge in [0.2, 0.25) is 0 Å². The number of ketones is 1. The second-order valence-corrected chi connectivity index (χ2v) is 3.90. The summed E-state index contributed by atoms with van der Waals surface area (Å²) in [6.45, 7) is 1.86. The van der Waals surface area contributed by atoms with Crippen molar-refractivity contribution >= 4 is 5.78 Å². The molecule has 0 radical (unpaired) electrons. The van der Waals surface area contributed by atoms with Crippen LogP contribution in [0.5, 0.6) is 5.75 Å². The highest BCUT2D eigenvalue weighted by Gasteiger charge is 2.09. The average molecular weight is 273 g/mol. The first-order valence-electron chi connectivity index (χ1n) is 6.10. The number of pyridine rings is 1. The Balaban J connectivity index is 2.43. The van der Waals surface area contributed by atoms with Crippen LogP contribution in [0.1, 0.15) is 30.1 Å². The first kappa shape index (κ1) is 15.5. The highest BCUT2D eigenvalue weighted by molar-refractivity contribution is 5.96. The van der Waals surface area contributed by atoms with Gasteiger partial charge in [-0.1, -0.05) is 6.92 Å². The molecule has 0 atom stereocenters. The van der Waals surface area contributed by atoms with Crippen LogP contribution in [0.25, 0.3) is 0 Å². The molecule has 1 heterocycles. The molecule has 19 heavy (non-hydrogen) atoms. The fraction of sp³-hybridized carbons (Fsp3) is 0.538. The van der Waals surface area contributed by atoms with Crippen LogP contribution in [0.4, 0.5) is 8.78 Å². The van der Waals surface area contributed by atoms with E-state index in [4.69, 9.17) is 4.74 Å². The Labute approximate surface area is 110 Å². The molecule has 0 aliphatic carbocycles. The smallest absolute Gasteiger partial charge is 0.261 e. The molecule has 0 aromatic carbocycles. The third-order valence-electron chi connectivity index (χ3n) is 2.23. The summed E-state index contributed by atoms with van der Waals surface area (Å²) in [5.74, 6) is 0.324. The molecule has 6 heteroatoms. The van der Waals surface area contributed by atoms with E-state index in [1.165, 1.54) is 12.4 Å². The lowest BCUT2D eigenvalue weighted by atomic mass is 10.1. The number of halogens is 2. The van der Waals surface area contributed by atoms with Gasteiger partial charge in [0.15, 0.2) is 5.78 Å². The topological polar surface area (TPSA) is 48.4 Å². The number of carbonyl (C=O) groups excluding carboxylic acids is 1. The van der Waals surface area contributed by atoms with Gasteiger partial charge >= 0.3 is 0 Å². The lowest BCUT2D eigenvalue weighted by Gasteiger charge is -2.06. The third-order valence-corrected chi connectivity index (χ3v) is 2.23. The van der Waals surface area contributed by atoms with E-state index in [1.807, 2.05) is 6.92 Å². The SMILES string of the molecule is CCCOc1cncc(C(=O)CCOCC(F)F)c1. The van der Waals surface area contributed by atoms with Crippen molar-refractivity contribution in [3.8, 4) is 5.75 Å². The van der Waals surface area contributed by atoms with E-state index in [-0.39, 0.29) is 18.8 Å². The van der Waals surface area contributed by atoms with Gasteiger partial charge in [-0.3, -0.25) is 9.78 Å². The molecule has 1 rings (SSSR count). The molecular formula is C13H17F2NO3. The quantitative estimate of drug-likeness (QED) is 0.512. The van der Waals surface area contributed by atoms with Crippen molar-refractivity contribution in [3.63, 3.8) is 0 Å². The Hall–Kier alpha value is -1.56. The monoisotopic (exact) mass is 273 g/mol. The molecular weight excluding hydrogens is 256 g/mol. The van der Waals surface area contributed by atoms with Crippen LogP contribution >= 0.6 is 0 Å². The van der Waals surface area contributed by atoms with Crippen molar-refractivity contribution in [1.29, 1.82) is 0 Å². The Kier molecular flexibility index (Phi) is 6.95. The molecule has 0 bridgehead atoms. The number of carbonyl (C=O) groups is 1. The van der Waals surface area contributed by atoms with Gasteiger partial charge in [-0.2, -0.15) is 0 Å². The van der Waals surface area contributed by atoms with Crippen LogP contribution in [0.3, 0.4) is 0 Å². The number of aromatic nitrogens is 1. The molecule has 0 saturated carbocycles. The third kappa shape index (κ3) is 6.24. The largest absolute Gasteiger partial charge is 0.492 e.